The SMILES string of the molecule is CCOC(=O)[C@@H]1C2CCC(CC2)[C@H]1Nc1nc(-c2cn(S(=O)(=O)c3ccc(C)cc3)c3ncc(F)cc23)nn2cc(C(F)F)cc12. The Morgan fingerprint density at radius 1 is 1.09 bits per heavy atom. The average Bonchev–Trinajstić information content (AvgIpc) is 3.64. The molecule has 0 radical (unpaired) electrons. The number of carbonyl (C=O) groups is 1. The average molecular weight is 653 g/mol. The lowest BCUT2D eigenvalue weighted by atomic mass is 9.61. The van der Waals surface area contributed by atoms with Crippen molar-refractivity contribution < 1.29 is 31.1 Å². The molecule has 2 bridgehead atoms. The lowest BCUT2D eigenvalue weighted by Gasteiger charge is -2.47. The van der Waals surface area contributed by atoms with Gasteiger partial charge in [0.05, 0.1) is 23.6 Å². The van der Waals surface area contributed by atoms with Gasteiger partial charge < -0.3 is 10.1 Å². The summed E-state index contributed by atoms with van der Waals surface area (Å²) in [7, 11) is -4.19. The molecule has 3 aliphatic carbocycles. The Hall–Kier alpha value is -4.46. The van der Waals surface area contributed by atoms with Crippen molar-refractivity contribution in [3.63, 3.8) is 0 Å². The Balaban J connectivity index is 1.40. The predicted octanol–water partition coefficient (Wildman–Crippen LogP) is 6.15. The smallest absolute Gasteiger partial charge is 0.311 e. The Labute approximate surface area is 262 Å². The number of halogens is 3. The number of hydrogen-bond donors (Lipinski definition) is 1. The highest BCUT2D eigenvalue weighted by Gasteiger charge is 2.48. The number of nitrogens with one attached hydrogen (secondary N) is 1. The van der Waals surface area contributed by atoms with Crippen molar-refractivity contribution >= 4 is 38.4 Å². The van der Waals surface area contributed by atoms with Gasteiger partial charge >= 0.3 is 5.97 Å². The second-order valence-corrected chi connectivity index (χ2v) is 13.8. The van der Waals surface area contributed by atoms with Gasteiger partial charge in [-0.25, -0.2) is 40.0 Å². The molecule has 3 fully saturated rings. The van der Waals surface area contributed by atoms with Crippen LogP contribution in [0.4, 0.5) is 19.0 Å². The lowest BCUT2D eigenvalue weighted by molar-refractivity contribution is -0.154. The number of nitrogens with zero attached hydrogens (tertiary/aromatic N) is 5. The van der Waals surface area contributed by atoms with Gasteiger partial charge in [0, 0.05) is 34.9 Å². The molecule has 46 heavy (non-hydrogen) atoms. The molecular weight excluding hydrogens is 621 g/mol. The lowest BCUT2D eigenvalue weighted by Crippen LogP contribution is -2.52. The zero-order valence-electron chi connectivity index (χ0n) is 25.0. The van der Waals surface area contributed by atoms with Gasteiger partial charge in [-0.05, 0) is 75.6 Å². The zero-order valence-corrected chi connectivity index (χ0v) is 25.8. The minimum absolute atomic E-state index is 0.00394. The van der Waals surface area contributed by atoms with E-state index in [0.29, 0.717) is 0 Å². The van der Waals surface area contributed by atoms with Crippen molar-refractivity contribution in [2.75, 3.05) is 11.9 Å². The van der Waals surface area contributed by atoms with Gasteiger partial charge in [0.25, 0.3) is 16.4 Å². The van der Waals surface area contributed by atoms with E-state index in [-0.39, 0.29) is 74.7 Å². The maximum absolute atomic E-state index is 14.6. The number of anilines is 1. The summed E-state index contributed by atoms with van der Waals surface area (Å²) in [6, 6.07) is 8.30. The Morgan fingerprint density at radius 2 is 1.80 bits per heavy atom. The van der Waals surface area contributed by atoms with Crippen LogP contribution in [-0.4, -0.2) is 50.6 Å². The summed E-state index contributed by atoms with van der Waals surface area (Å²) in [5.41, 5.74) is 0.900. The molecule has 4 aromatic heterocycles. The van der Waals surface area contributed by atoms with Crippen molar-refractivity contribution in [1.82, 2.24) is 23.6 Å². The number of esters is 1. The van der Waals surface area contributed by atoms with Gasteiger partial charge in [0.15, 0.2) is 17.3 Å². The fraction of sp³-hybridized carbons (Fsp3) is 0.375. The van der Waals surface area contributed by atoms with E-state index < -0.39 is 28.2 Å². The first-order valence-electron chi connectivity index (χ1n) is 15.2. The van der Waals surface area contributed by atoms with Crippen LogP contribution < -0.4 is 5.32 Å². The normalized spacial score (nSPS) is 21.3. The van der Waals surface area contributed by atoms with E-state index >= 15 is 0 Å². The molecule has 10 nitrogen and oxygen atoms in total. The molecule has 0 spiro atoms. The number of rotatable bonds is 8. The van der Waals surface area contributed by atoms with Crippen LogP contribution in [0.1, 0.15) is 50.2 Å². The van der Waals surface area contributed by atoms with Crippen LogP contribution in [-0.2, 0) is 19.6 Å². The molecule has 1 aromatic carbocycles. The largest absolute Gasteiger partial charge is 0.466 e. The van der Waals surface area contributed by atoms with Crippen LogP contribution in [0, 0.1) is 30.5 Å². The van der Waals surface area contributed by atoms with Gasteiger partial charge in [0.1, 0.15) is 11.3 Å². The molecule has 0 aliphatic heterocycles. The van der Waals surface area contributed by atoms with E-state index in [1.54, 1.807) is 19.1 Å². The fourth-order valence-electron chi connectivity index (χ4n) is 6.99. The van der Waals surface area contributed by atoms with E-state index in [0.717, 1.165) is 47.5 Å². The number of pyridine rings is 1. The molecule has 0 saturated heterocycles. The van der Waals surface area contributed by atoms with Crippen molar-refractivity contribution in [2.24, 2.45) is 17.8 Å². The first-order valence-corrected chi connectivity index (χ1v) is 16.6. The molecule has 4 heterocycles. The molecule has 0 unspecified atom stereocenters. The number of aryl methyl sites for hydroxylation is 1. The van der Waals surface area contributed by atoms with E-state index in [1.807, 2.05) is 6.92 Å². The number of aromatic nitrogens is 5. The zero-order chi connectivity index (χ0) is 32.3. The topological polar surface area (TPSA) is 120 Å². The summed E-state index contributed by atoms with van der Waals surface area (Å²) in [5.74, 6) is -1.09. The van der Waals surface area contributed by atoms with Gasteiger partial charge in [-0.2, -0.15) is 0 Å². The fourth-order valence-corrected chi connectivity index (χ4v) is 8.32. The van der Waals surface area contributed by atoms with Crippen molar-refractivity contribution in [3.05, 3.63) is 71.9 Å². The summed E-state index contributed by atoms with van der Waals surface area (Å²) >= 11 is 0. The third kappa shape index (κ3) is 5.08. The number of benzene rings is 1. The summed E-state index contributed by atoms with van der Waals surface area (Å²) < 4.78 is 77.6. The number of carbonyl (C=O) groups excluding carboxylic acids is 1. The third-order valence-electron chi connectivity index (χ3n) is 9.21. The van der Waals surface area contributed by atoms with Gasteiger partial charge in [-0.15, -0.1) is 5.10 Å². The van der Waals surface area contributed by atoms with Crippen LogP contribution in [0.15, 0.2) is 59.9 Å². The molecule has 3 saturated carbocycles. The van der Waals surface area contributed by atoms with Crippen molar-refractivity contribution in [2.45, 2.75) is 56.9 Å². The van der Waals surface area contributed by atoms with Crippen LogP contribution in [0.3, 0.4) is 0 Å². The third-order valence-corrected chi connectivity index (χ3v) is 10.9. The van der Waals surface area contributed by atoms with Crippen LogP contribution in [0.2, 0.25) is 0 Å². The standard InChI is InChI=1S/C32H31F3N6O4S/c1-3-45-32(42)26-18-6-8-19(9-7-18)27(26)37-30-25-12-20(28(34)35)15-40(25)39-29(38-30)24-16-41(31-23(24)13-21(33)14-36-31)46(43,44)22-10-4-17(2)5-11-22/h4-5,10-16,18-19,26-28H,3,6-9H2,1-2H3,(H,37,38,39)/t18?,19?,26-,27-/m1/s1. The molecule has 1 N–H and O–H groups in total. The Kier molecular flexibility index (Phi) is 7.49. The number of fused-ring (bicyclic) bond motifs is 5. The molecule has 0 amide bonds. The van der Waals surface area contributed by atoms with Crippen LogP contribution in [0.5, 0.6) is 0 Å². The molecule has 240 valence electrons. The highest BCUT2D eigenvalue weighted by Crippen LogP contribution is 2.47. The predicted molar refractivity (Wildman–Crippen MR) is 163 cm³/mol. The van der Waals surface area contributed by atoms with E-state index in [2.05, 4.69) is 15.4 Å². The molecular formula is C32H31F3N6O4S. The Bertz CT molecular complexity index is 2070. The minimum Gasteiger partial charge on any atom is -0.466 e. The van der Waals surface area contributed by atoms with E-state index in [9.17, 15) is 26.4 Å². The molecule has 2 atom stereocenters. The highest BCUT2D eigenvalue weighted by atomic mass is 32.2. The quantitative estimate of drug-likeness (QED) is 0.198. The minimum atomic E-state index is -4.19. The monoisotopic (exact) mass is 652 g/mol. The Morgan fingerprint density at radius 3 is 2.50 bits per heavy atom. The second-order valence-electron chi connectivity index (χ2n) is 12.0. The van der Waals surface area contributed by atoms with Gasteiger partial charge in [0.2, 0.25) is 0 Å². The summed E-state index contributed by atoms with van der Waals surface area (Å²) in [5, 5.41) is 7.99. The summed E-state index contributed by atoms with van der Waals surface area (Å²) in [6.07, 6.45) is 4.13. The number of alkyl halides is 2. The van der Waals surface area contributed by atoms with E-state index in [4.69, 9.17) is 9.72 Å². The molecule has 8 rings (SSSR count). The first-order chi connectivity index (χ1) is 22.0. The summed E-state index contributed by atoms with van der Waals surface area (Å²) in [6.45, 7) is 3.82. The second kappa shape index (κ2) is 11.4. The van der Waals surface area contributed by atoms with Crippen molar-refractivity contribution in [3.8, 4) is 11.4 Å². The summed E-state index contributed by atoms with van der Waals surface area (Å²) in [4.78, 5) is 22.0. The molecule has 5 aromatic rings. The maximum Gasteiger partial charge on any atom is 0.311 e. The van der Waals surface area contributed by atoms with Crippen molar-refractivity contribution in [1.29, 1.82) is 0 Å². The van der Waals surface area contributed by atoms with Crippen LogP contribution >= 0.6 is 0 Å². The highest BCUT2D eigenvalue weighted by molar-refractivity contribution is 7.90. The number of ether oxygens (including phenoxy) is 1. The number of hydrogen-bond acceptors (Lipinski definition) is 8. The van der Waals surface area contributed by atoms with Gasteiger partial charge in [-0.3, -0.25) is 4.79 Å². The molecule has 14 heteroatoms. The maximum atomic E-state index is 14.6. The molecule has 3 aliphatic rings. The van der Waals surface area contributed by atoms with Gasteiger partial charge in [-0.1, -0.05) is 17.7 Å². The first kappa shape index (κ1) is 30.2. The van der Waals surface area contributed by atoms with E-state index in [1.165, 1.54) is 35.1 Å². The van der Waals surface area contributed by atoms with Crippen LogP contribution in [0.25, 0.3) is 27.9 Å².